The molecule has 1 aromatic heterocycles. The van der Waals surface area contributed by atoms with E-state index in [2.05, 4.69) is 138 Å². The average molecular weight is 573 g/mol. The van der Waals surface area contributed by atoms with Crippen molar-refractivity contribution in [3.05, 3.63) is 142 Å². The van der Waals surface area contributed by atoms with E-state index in [4.69, 9.17) is 4.98 Å². The zero-order valence-corrected chi connectivity index (χ0v) is 26.2. The highest BCUT2D eigenvalue weighted by Crippen LogP contribution is 2.17. The Morgan fingerprint density at radius 2 is 1.07 bits per heavy atom. The van der Waals surface area contributed by atoms with E-state index in [9.17, 15) is 0 Å². The van der Waals surface area contributed by atoms with Crippen LogP contribution in [-0.4, -0.2) is 52.4 Å². The Balaban J connectivity index is 1.34. The monoisotopic (exact) mass is 572 g/mol. The molecular weight excluding hydrogens is 524 g/mol. The van der Waals surface area contributed by atoms with Gasteiger partial charge < -0.3 is 0 Å². The van der Waals surface area contributed by atoms with Crippen LogP contribution in [0.4, 0.5) is 0 Å². The lowest BCUT2D eigenvalue weighted by Crippen LogP contribution is -2.31. The molecule has 0 saturated carbocycles. The van der Waals surface area contributed by atoms with Crippen LogP contribution in [0.3, 0.4) is 0 Å². The zero-order chi connectivity index (χ0) is 29.7. The van der Waals surface area contributed by atoms with Gasteiger partial charge in [0.15, 0.2) is 0 Å². The van der Waals surface area contributed by atoms with Crippen LogP contribution < -0.4 is 0 Å². The largest absolute Gasteiger partial charge is 0.300 e. The second-order valence-corrected chi connectivity index (χ2v) is 12.1. The van der Waals surface area contributed by atoms with Gasteiger partial charge in [-0.05, 0) is 92.7 Å². The van der Waals surface area contributed by atoms with Crippen molar-refractivity contribution in [3.8, 4) is 0 Å². The summed E-state index contributed by atoms with van der Waals surface area (Å²) in [5, 5.41) is 0. The molecule has 0 amide bonds. The fourth-order valence-corrected chi connectivity index (χ4v) is 6.03. The minimum absolute atomic E-state index is 0.869. The summed E-state index contributed by atoms with van der Waals surface area (Å²) >= 11 is 0. The van der Waals surface area contributed by atoms with E-state index in [1.165, 1.54) is 52.0 Å². The Morgan fingerprint density at radius 1 is 0.558 bits per heavy atom. The molecule has 224 valence electrons. The molecule has 2 heterocycles. The number of aromatic nitrogens is 1. The van der Waals surface area contributed by atoms with Crippen LogP contribution in [0.1, 0.15) is 58.5 Å². The van der Waals surface area contributed by atoms with E-state index < -0.39 is 0 Å². The molecule has 0 spiro atoms. The molecular formula is C39H48N4. The zero-order valence-electron chi connectivity index (χ0n) is 26.2. The molecule has 0 unspecified atom stereocenters. The summed E-state index contributed by atoms with van der Waals surface area (Å²) in [7, 11) is 0. The summed E-state index contributed by atoms with van der Waals surface area (Å²) in [5.41, 5.74) is 9.15. The van der Waals surface area contributed by atoms with E-state index in [0.29, 0.717) is 0 Å². The smallest absolute Gasteiger partial charge is 0.0548 e. The molecule has 1 aliphatic rings. The van der Waals surface area contributed by atoms with E-state index in [1.807, 2.05) is 0 Å². The normalized spacial score (nSPS) is 16.6. The Labute approximate surface area is 259 Å². The number of nitrogens with zero attached hydrogens (tertiary/aromatic N) is 4. The number of fused-ring (bicyclic) bond motifs is 2. The van der Waals surface area contributed by atoms with Gasteiger partial charge in [0.05, 0.1) is 11.4 Å². The molecule has 0 radical (unpaired) electrons. The van der Waals surface area contributed by atoms with Crippen LogP contribution in [0.25, 0.3) is 6.08 Å². The number of aryl methyl sites for hydroxylation is 2. The Morgan fingerprint density at radius 3 is 1.67 bits per heavy atom. The summed E-state index contributed by atoms with van der Waals surface area (Å²) in [5.74, 6) is 0. The van der Waals surface area contributed by atoms with E-state index in [-0.39, 0.29) is 0 Å². The highest BCUT2D eigenvalue weighted by atomic mass is 15.2. The molecule has 4 heteroatoms. The third-order valence-electron chi connectivity index (χ3n) is 8.57. The van der Waals surface area contributed by atoms with Gasteiger partial charge in [0.25, 0.3) is 0 Å². The summed E-state index contributed by atoms with van der Waals surface area (Å²) in [6.45, 7) is 13.5. The van der Waals surface area contributed by atoms with Crippen LogP contribution in [0, 0.1) is 13.8 Å². The Bertz CT molecular complexity index is 1430. The second-order valence-electron chi connectivity index (χ2n) is 12.1. The molecule has 2 bridgehead atoms. The van der Waals surface area contributed by atoms with Gasteiger partial charge in [-0.3, -0.25) is 19.7 Å². The quantitative estimate of drug-likeness (QED) is 0.224. The molecule has 5 rings (SSSR count). The van der Waals surface area contributed by atoms with Crippen LogP contribution in [0.15, 0.2) is 103 Å². The molecule has 0 saturated heterocycles. The van der Waals surface area contributed by atoms with Crippen LogP contribution in [0.2, 0.25) is 0 Å². The van der Waals surface area contributed by atoms with Crippen molar-refractivity contribution in [3.63, 3.8) is 0 Å². The summed E-state index contributed by atoms with van der Waals surface area (Å²) in [4.78, 5) is 13.0. The first-order chi connectivity index (χ1) is 21.1. The van der Waals surface area contributed by atoms with Crippen molar-refractivity contribution in [1.82, 2.24) is 19.7 Å². The van der Waals surface area contributed by atoms with Crippen molar-refractivity contribution >= 4 is 6.08 Å². The SMILES string of the molecule is Cc1ccccc1CN1CCCCN(C/C=C/c2ccccc2)CCCN(Cc2ccccc2C)Cc2cccc(n2)C1. The highest BCUT2D eigenvalue weighted by molar-refractivity contribution is 5.48. The maximum Gasteiger partial charge on any atom is 0.0548 e. The van der Waals surface area contributed by atoms with E-state index in [1.54, 1.807) is 0 Å². The summed E-state index contributed by atoms with van der Waals surface area (Å²) < 4.78 is 0. The fourth-order valence-electron chi connectivity index (χ4n) is 6.03. The number of hydrogen-bond acceptors (Lipinski definition) is 4. The minimum Gasteiger partial charge on any atom is -0.300 e. The minimum atomic E-state index is 0.869. The highest BCUT2D eigenvalue weighted by Gasteiger charge is 2.15. The third-order valence-corrected chi connectivity index (χ3v) is 8.57. The van der Waals surface area contributed by atoms with Gasteiger partial charge in [0.2, 0.25) is 0 Å². The van der Waals surface area contributed by atoms with Crippen LogP contribution >= 0.6 is 0 Å². The van der Waals surface area contributed by atoms with Gasteiger partial charge in [-0.1, -0.05) is 97.1 Å². The first-order valence-corrected chi connectivity index (χ1v) is 16.0. The molecule has 3 aromatic carbocycles. The molecule has 43 heavy (non-hydrogen) atoms. The third kappa shape index (κ3) is 10.00. The number of pyridine rings is 1. The topological polar surface area (TPSA) is 22.6 Å². The van der Waals surface area contributed by atoms with E-state index in [0.717, 1.165) is 65.3 Å². The lowest BCUT2D eigenvalue weighted by atomic mass is 10.1. The molecule has 0 fully saturated rings. The average Bonchev–Trinajstić information content (AvgIpc) is 3.02. The van der Waals surface area contributed by atoms with Gasteiger partial charge >= 0.3 is 0 Å². The maximum absolute atomic E-state index is 5.19. The lowest BCUT2D eigenvalue weighted by Gasteiger charge is -2.26. The summed E-state index contributed by atoms with van der Waals surface area (Å²) in [6.07, 6.45) is 8.13. The number of rotatable bonds is 7. The molecule has 0 N–H and O–H groups in total. The van der Waals surface area contributed by atoms with Gasteiger partial charge in [-0.2, -0.15) is 0 Å². The molecule has 4 nitrogen and oxygen atoms in total. The maximum atomic E-state index is 5.19. The number of hydrogen-bond donors (Lipinski definition) is 0. The van der Waals surface area contributed by atoms with E-state index >= 15 is 0 Å². The predicted molar refractivity (Wildman–Crippen MR) is 181 cm³/mol. The van der Waals surface area contributed by atoms with Gasteiger partial charge in [-0.15, -0.1) is 0 Å². The standard InChI is InChI=1S/C39H48N4/c1-33-15-6-8-20-36(33)29-42-25-11-10-24-41(26-13-19-35-17-4-3-5-18-35)27-14-28-43(30-37-21-9-7-16-34(37)2)32-39-23-12-22-38(31-42)40-39/h3-9,12-13,15-23H,10-11,14,24-32H2,1-2H3/b19-13+. The van der Waals surface area contributed by atoms with Crippen molar-refractivity contribution in [2.24, 2.45) is 0 Å². The van der Waals surface area contributed by atoms with Gasteiger partial charge in [-0.25, -0.2) is 0 Å². The van der Waals surface area contributed by atoms with Crippen molar-refractivity contribution in [1.29, 1.82) is 0 Å². The number of benzene rings is 3. The molecule has 0 aliphatic carbocycles. The van der Waals surface area contributed by atoms with Crippen molar-refractivity contribution in [2.45, 2.75) is 59.3 Å². The lowest BCUT2D eigenvalue weighted by molar-refractivity contribution is 0.217. The van der Waals surface area contributed by atoms with Crippen molar-refractivity contribution < 1.29 is 0 Å². The first kappa shape index (κ1) is 30.9. The summed E-state index contributed by atoms with van der Waals surface area (Å²) in [6, 6.07) is 34.9. The fraction of sp³-hybridized carbons (Fsp3) is 0.359. The first-order valence-electron chi connectivity index (χ1n) is 16.0. The van der Waals surface area contributed by atoms with Gasteiger partial charge in [0.1, 0.15) is 0 Å². The van der Waals surface area contributed by atoms with Crippen LogP contribution in [-0.2, 0) is 26.2 Å². The molecule has 0 atom stereocenters. The second kappa shape index (κ2) is 16.3. The Kier molecular flexibility index (Phi) is 11.7. The van der Waals surface area contributed by atoms with Crippen molar-refractivity contribution in [2.75, 3.05) is 32.7 Å². The van der Waals surface area contributed by atoms with Crippen LogP contribution in [0.5, 0.6) is 0 Å². The Hall–Kier alpha value is -3.57. The molecule has 1 aliphatic heterocycles. The van der Waals surface area contributed by atoms with Gasteiger partial charge in [0, 0.05) is 39.3 Å². The molecule has 4 aromatic rings. The predicted octanol–water partition coefficient (Wildman–Crippen LogP) is 7.90.